The second-order valence-corrected chi connectivity index (χ2v) is 7.21. The van der Waals surface area contributed by atoms with Gasteiger partial charge in [0, 0.05) is 11.8 Å². The van der Waals surface area contributed by atoms with Crippen LogP contribution in [0.1, 0.15) is 19.3 Å². The summed E-state index contributed by atoms with van der Waals surface area (Å²) < 4.78 is 2.29. The average molecular weight is 298 g/mol. The van der Waals surface area contributed by atoms with Crippen molar-refractivity contribution in [1.29, 1.82) is 0 Å². The highest BCUT2D eigenvalue weighted by atomic mass is 32.2. The van der Waals surface area contributed by atoms with E-state index in [2.05, 4.69) is 4.98 Å². The second-order valence-electron chi connectivity index (χ2n) is 4.50. The van der Waals surface area contributed by atoms with Crippen molar-refractivity contribution < 1.29 is 0 Å². The summed E-state index contributed by atoms with van der Waals surface area (Å²) in [4.78, 5) is 16.4. The summed E-state index contributed by atoms with van der Waals surface area (Å²) in [5.74, 6) is 1.20. The molecule has 3 rings (SSSR count). The van der Waals surface area contributed by atoms with Gasteiger partial charge in [-0.1, -0.05) is 6.42 Å². The zero-order valence-corrected chi connectivity index (χ0v) is 12.3. The third kappa shape index (κ3) is 2.29. The number of thiophene rings is 1. The highest BCUT2D eigenvalue weighted by molar-refractivity contribution is 7.99. The lowest BCUT2D eigenvalue weighted by Crippen LogP contribution is -2.27. The molecule has 0 aliphatic carbocycles. The molecular formula is C12H14N2OS3. The van der Waals surface area contributed by atoms with E-state index in [1.165, 1.54) is 36.4 Å². The van der Waals surface area contributed by atoms with E-state index in [9.17, 15) is 4.79 Å². The Morgan fingerprint density at radius 2 is 2.39 bits per heavy atom. The van der Waals surface area contributed by atoms with Gasteiger partial charge < -0.3 is 4.98 Å². The first kappa shape index (κ1) is 12.4. The van der Waals surface area contributed by atoms with Crippen LogP contribution in [0, 0.1) is 4.77 Å². The molecule has 3 nitrogen and oxygen atoms in total. The van der Waals surface area contributed by atoms with Crippen LogP contribution in [0.5, 0.6) is 0 Å². The molecule has 3 heterocycles. The van der Waals surface area contributed by atoms with E-state index >= 15 is 0 Å². The molecule has 2 aromatic rings. The predicted molar refractivity (Wildman–Crippen MR) is 81.4 cm³/mol. The van der Waals surface area contributed by atoms with Gasteiger partial charge in [-0.2, -0.15) is 11.8 Å². The van der Waals surface area contributed by atoms with E-state index in [1.807, 2.05) is 23.2 Å². The fraction of sp³-hybridized carbons (Fsp3) is 0.500. The summed E-state index contributed by atoms with van der Waals surface area (Å²) in [5, 5.41) is 3.22. The van der Waals surface area contributed by atoms with Crippen molar-refractivity contribution >= 4 is 45.5 Å². The van der Waals surface area contributed by atoms with Gasteiger partial charge in [0.1, 0.15) is 4.83 Å². The van der Waals surface area contributed by atoms with Crippen LogP contribution >= 0.6 is 35.3 Å². The van der Waals surface area contributed by atoms with Crippen LogP contribution in [0.3, 0.4) is 0 Å². The number of nitrogens with zero attached hydrogens (tertiary/aromatic N) is 1. The Labute approximate surface area is 118 Å². The maximum Gasteiger partial charge on any atom is 0.263 e. The number of H-pyrrole nitrogens is 1. The van der Waals surface area contributed by atoms with E-state index in [4.69, 9.17) is 12.2 Å². The highest BCUT2D eigenvalue weighted by Crippen LogP contribution is 2.26. The van der Waals surface area contributed by atoms with Crippen molar-refractivity contribution in [1.82, 2.24) is 9.55 Å². The fourth-order valence-electron chi connectivity index (χ4n) is 2.30. The lowest BCUT2D eigenvalue weighted by molar-refractivity contribution is 0.564. The van der Waals surface area contributed by atoms with Gasteiger partial charge in [0.05, 0.1) is 5.39 Å². The Bertz CT molecular complexity index is 664. The van der Waals surface area contributed by atoms with Gasteiger partial charge in [0.2, 0.25) is 0 Å². The molecule has 1 aliphatic rings. The number of fused-ring (bicyclic) bond motifs is 1. The Morgan fingerprint density at radius 3 is 3.17 bits per heavy atom. The lowest BCUT2D eigenvalue weighted by Gasteiger charge is -2.21. The van der Waals surface area contributed by atoms with Gasteiger partial charge in [-0.05, 0) is 42.3 Å². The van der Waals surface area contributed by atoms with Gasteiger partial charge in [-0.3, -0.25) is 9.36 Å². The quantitative estimate of drug-likeness (QED) is 0.863. The molecule has 6 heteroatoms. The van der Waals surface area contributed by atoms with Gasteiger partial charge in [0.25, 0.3) is 5.56 Å². The maximum atomic E-state index is 12.4. The van der Waals surface area contributed by atoms with Crippen molar-refractivity contribution in [3.8, 4) is 0 Å². The smallest absolute Gasteiger partial charge is 0.263 e. The van der Waals surface area contributed by atoms with E-state index in [-0.39, 0.29) is 5.56 Å². The molecule has 1 atom stereocenters. The summed E-state index contributed by atoms with van der Waals surface area (Å²) >= 11 is 8.80. The van der Waals surface area contributed by atoms with E-state index in [0.717, 1.165) is 16.8 Å². The van der Waals surface area contributed by atoms with Crippen molar-refractivity contribution in [3.63, 3.8) is 0 Å². The number of rotatable bonds is 2. The molecule has 0 radical (unpaired) electrons. The number of thioether (sulfide) groups is 1. The zero-order valence-electron chi connectivity index (χ0n) is 9.85. The van der Waals surface area contributed by atoms with Crippen LogP contribution < -0.4 is 5.56 Å². The van der Waals surface area contributed by atoms with E-state index in [1.54, 1.807) is 4.57 Å². The molecule has 2 aromatic heterocycles. The Kier molecular flexibility index (Phi) is 3.59. The predicted octanol–water partition coefficient (Wildman–Crippen LogP) is 3.41. The molecule has 0 saturated carbocycles. The molecule has 1 unspecified atom stereocenters. The van der Waals surface area contributed by atoms with Gasteiger partial charge in [-0.15, -0.1) is 11.3 Å². The largest absolute Gasteiger partial charge is 0.323 e. The molecular weight excluding hydrogens is 284 g/mol. The first-order valence-electron chi connectivity index (χ1n) is 6.07. The lowest BCUT2D eigenvalue weighted by atomic mass is 10.2. The van der Waals surface area contributed by atoms with Crippen LogP contribution in [0.25, 0.3) is 10.2 Å². The maximum absolute atomic E-state index is 12.4. The van der Waals surface area contributed by atoms with Crippen LogP contribution in [0.15, 0.2) is 16.2 Å². The van der Waals surface area contributed by atoms with Crippen molar-refractivity contribution in [2.24, 2.45) is 0 Å². The minimum Gasteiger partial charge on any atom is -0.323 e. The number of aromatic amines is 1. The monoisotopic (exact) mass is 298 g/mol. The topological polar surface area (TPSA) is 37.8 Å². The zero-order chi connectivity index (χ0) is 12.5. The third-order valence-corrected chi connectivity index (χ3v) is 5.80. The molecule has 96 valence electrons. The van der Waals surface area contributed by atoms with Crippen LogP contribution in [0.4, 0.5) is 0 Å². The molecule has 18 heavy (non-hydrogen) atoms. The fourth-order valence-corrected chi connectivity index (χ4v) is 4.69. The Hall–Kier alpha value is -0.590. The van der Waals surface area contributed by atoms with E-state index < -0.39 is 0 Å². The van der Waals surface area contributed by atoms with Gasteiger partial charge in [-0.25, -0.2) is 0 Å². The molecule has 1 aliphatic heterocycles. The van der Waals surface area contributed by atoms with Gasteiger partial charge >= 0.3 is 0 Å². The molecule has 1 N–H and O–H groups in total. The molecule has 1 saturated heterocycles. The molecule has 0 bridgehead atoms. The number of hydrogen-bond donors (Lipinski definition) is 1. The third-order valence-electron chi connectivity index (χ3n) is 3.27. The Balaban J connectivity index is 2.00. The molecule has 0 aromatic carbocycles. The van der Waals surface area contributed by atoms with Crippen LogP contribution in [-0.4, -0.2) is 20.6 Å². The molecule has 1 fully saturated rings. The first-order chi connectivity index (χ1) is 8.75. The summed E-state index contributed by atoms with van der Waals surface area (Å²) in [6.07, 6.45) is 3.75. The van der Waals surface area contributed by atoms with Crippen molar-refractivity contribution in [3.05, 3.63) is 26.6 Å². The van der Waals surface area contributed by atoms with Crippen molar-refractivity contribution in [2.45, 2.75) is 31.1 Å². The van der Waals surface area contributed by atoms with Crippen molar-refractivity contribution in [2.75, 3.05) is 5.75 Å². The summed E-state index contributed by atoms with van der Waals surface area (Å²) in [6, 6.07) is 1.87. The van der Waals surface area contributed by atoms with Crippen LogP contribution in [0.2, 0.25) is 0 Å². The SMILES string of the molecule is O=c1c2ccsc2[nH]c(=S)n1CC1CCCCS1. The second kappa shape index (κ2) is 5.19. The molecule has 0 amide bonds. The minimum absolute atomic E-state index is 0.0566. The van der Waals surface area contributed by atoms with Gasteiger partial charge in [0.15, 0.2) is 4.77 Å². The highest BCUT2D eigenvalue weighted by Gasteiger charge is 2.16. The average Bonchev–Trinajstić information content (AvgIpc) is 2.84. The number of nitrogens with one attached hydrogen (secondary N) is 1. The number of hydrogen-bond acceptors (Lipinski definition) is 4. The van der Waals surface area contributed by atoms with E-state index in [0.29, 0.717) is 10.0 Å². The first-order valence-corrected chi connectivity index (χ1v) is 8.41. The summed E-state index contributed by atoms with van der Waals surface area (Å²) in [6.45, 7) is 0.741. The minimum atomic E-state index is 0.0566. The number of aromatic nitrogens is 2. The van der Waals surface area contributed by atoms with Crippen LogP contribution in [-0.2, 0) is 6.54 Å². The summed E-state index contributed by atoms with van der Waals surface area (Å²) in [5.41, 5.74) is 0.0566. The Morgan fingerprint density at radius 1 is 1.50 bits per heavy atom. The molecule has 0 spiro atoms. The summed E-state index contributed by atoms with van der Waals surface area (Å²) in [7, 11) is 0. The standard InChI is InChI=1S/C12H14N2OS3/c15-11-9-4-6-18-10(9)13-12(16)14(11)7-8-3-1-2-5-17-8/h4,6,8H,1-3,5,7H2,(H,13,16). The normalized spacial score (nSPS) is 20.3.